The average molecular weight is 278 g/mol. The third kappa shape index (κ3) is 5.12. The Bertz CT molecular complexity index is 283. The summed E-state index contributed by atoms with van der Waals surface area (Å²) in [6, 6.07) is 0. The zero-order valence-electron chi connectivity index (χ0n) is 12.1. The van der Waals surface area contributed by atoms with Gasteiger partial charge in [0.05, 0.1) is 6.54 Å². The van der Waals surface area contributed by atoms with Crippen LogP contribution >= 0.6 is 12.4 Å². The van der Waals surface area contributed by atoms with Crippen LogP contribution in [0.25, 0.3) is 0 Å². The van der Waals surface area contributed by atoms with Gasteiger partial charge in [-0.3, -0.25) is 9.69 Å². The van der Waals surface area contributed by atoms with Crippen LogP contribution in [0.15, 0.2) is 0 Å². The minimum Gasteiger partial charge on any atom is -0.350 e. The van der Waals surface area contributed by atoms with Gasteiger partial charge in [-0.1, -0.05) is 13.8 Å². The molecule has 0 radical (unpaired) electrons. The third-order valence-electron chi connectivity index (χ3n) is 3.86. The van der Waals surface area contributed by atoms with Crippen molar-refractivity contribution < 1.29 is 4.79 Å². The second-order valence-corrected chi connectivity index (χ2v) is 6.26. The van der Waals surface area contributed by atoms with E-state index in [4.69, 9.17) is 5.73 Å². The van der Waals surface area contributed by atoms with Crippen LogP contribution in [0.1, 0.15) is 40.5 Å². The Hall–Kier alpha value is -0.320. The van der Waals surface area contributed by atoms with Crippen molar-refractivity contribution in [3.8, 4) is 0 Å². The summed E-state index contributed by atoms with van der Waals surface area (Å²) in [7, 11) is 0. The second kappa shape index (κ2) is 6.73. The summed E-state index contributed by atoms with van der Waals surface area (Å²) in [5.41, 5.74) is 5.85. The fourth-order valence-corrected chi connectivity index (χ4v) is 2.14. The van der Waals surface area contributed by atoms with E-state index in [1.54, 1.807) is 0 Å². The van der Waals surface area contributed by atoms with Crippen LogP contribution < -0.4 is 11.1 Å². The highest BCUT2D eigenvalue weighted by Gasteiger charge is 2.33. The van der Waals surface area contributed by atoms with Crippen molar-refractivity contribution in [1.82, 2.24) is 10.2 Å². The van der Waals surface area contributed by atoms with Crippen molar-refractivity contribution in [3.05, 3.63) is 0 Å². The molecule has 0 aromatic rings. The van der Waals surface area contributed by atoms with E-state index in [1.165, 1.54) is 0 Å². The lowest BCUT2D eigenvalue weighted by Gasteiger charge is -2.27. The molecule has 1 aliphatic heterocycles. The minimum atomic E-state index is -0.103. The fraction of sp³-hybridized carbons (Fsp3) is 0.923. The minimum absolute atomic E-state index is 0. The molecule has 0 aromatic carbocycles. The standard InChI is InChI=1S/C13H27N3O.ClH/c1-5-12(2,3)15-11(17)8-16-7-6-13(4,9-14)10-16;/h5-10,14H2,1-4H3,(H,15,17);1H. The van der Waals surface area contributed by atoms with E-state index < -0.39 is 0 Å². The van der Waals surface area contributed by atoms with Crippen LogP contribution in [0.2, 0.25) is 0 Å². The summed E-state index contributed by atoms with van der Waals surface area (Å²) < 4.78 is 0. The molecule has 1 amide bonds. The molecule has 1 rings (SSSR count). The number of rotatable bonds is 5. The lowest BCUT2D eigenvalue weighted by molar-refractivity contribution is -0.123. The van der Waals surface area contributed by atoms with Gasteiger partial charge in [0.25, 0.3) is 0 Å². The summed E-state index contributed by atoms with van der Waals surface area (Å²) in [6.07, 6.45) is 2.03. The topological polar surface area (TPSA) is 58.4 Å². The van der Waals surface area contributed by atoms with Crippen molar-refractivity contribution in [2.24, 2.45) is 11.1 Å². The summed E-state index contributed by atoms with van der Waals surface area (Å²) >= 11 is 0. The van der Waals surface area contributed by atoms with Crippen molar-refractivity contribution in [1.29, 1.82) is 0 Å². The molecule has 4 nitrogen and oxygen atoms in total. The number of nitrogens with one attached hydrogen (secondary N) is 1. The number of carbonyl (C=O) groups excluding carboxylic acids is 1. The number of likely N-dealkylation sites (tertiary alicyclic amines) is 1. The zero-order chi connectivity index (χ0) is 13.1. The van der Waals surface area contributed by atoms with E-state index in [-0.39, 0.29) is 29.3 Å². The quantitative estimate of drug-likeness (QED) is 0.798. The van der Waals surface area contributed by atoms with Crippen LogP contribution in [0.5, 0.6) is 0 Å². The van der Waals surface area contributed by atoms with Gasteiger partial charge in [0, 0.05) is 12.1 Å². The van der Waals surface area contributed by atoms with E-state index >= 15 is 0 Å². The first kappa shape index (κ1) is 17.7. The zero-order valence-corrected chi connectivity index (χ0v) is 12.9. The molecule has 1 aliphatic rings. The van der Waals surface area contributed by atoms with Gasteiger partial charge in [0.2, 0.25) is 5.91 Å². The maximum Gasteiger partial charge on any atom is 0.234 e. The Morgan fingerprint density at radius 3 is 2.56 bits per heavy atom. The summed E-state index contributed by atoms with van der Waals surface area (Å²) in [5, 5.41) is 3.07. The largest absolute Gasteiger partial charge is 0.350 e. The van der Waals surface area contributed by atoms with Gasteiger partial charge >= 0.3 is 0 Å². The van der Waals surface area contributed by atoms with Gasteiger partial charge in [0.1, 0.15) is 0 Å². The Labute approximate surface area is 117 Å². The van der Waals surface area contributed by atoms with Gasteiger partial charge in [-0.25, -0.2) is 0 Å². The number of nitrogens with two attached hydrogens (primary N) is 1. The molecule has 3 N–H and O–H groups in total. The summed E-state index contributed by atoms with van der Waals surface area (Å²) in [6.45, 7) is 11.5. The maximum atomic E-state index is 11.9. The number of halogens is 1. The predicted octanol–water partition coefficient (Wildman–Crippen LogP) is 1.38. The van der Waals surface area contributed by atoms with Crippen molar-refractivity contribution in [2.75, 3.05) is 26.2 Å². The van der Waals surface area contributed by atoms with Crippen LogP contribution in [0.3, 0.4) is 0 Å². The van der Waals surface area contributed by atoms with Gasteiger partial charge in [-0.05, 0) is 45.2 Å². The van der Waals surface area contributed by atoms with Crippen LogP contribution in [-0.4, -0.2) is 42.5 Å². The fourth-order valence-electron chi connectivity index (χ4n) is 2.14. The highest BCUT2D eigenvalue weighted by atomic mass is 35.5. The average Bonchev–Trinajstić information content (AvgIpc) is 2.60. The molecule has 1 unspecified atom stereocenters. The first-order chi connectivity index (χ1) is 7.80. The number of hydrogen-bond donors (Lipinski definition) is 2. The van der Waals surface area contributed by atoms with E-state index in [9.17, 15) is 4.79 Å². The van der Waals surface area contributed by atoms with Crippen LogP contribution in [0, 0.1) is 5.41 Å². The Morgan fingerprint density at radius 1 is 1.50 bits per heavy atom. The monoisotopic (exact) mass is 277 g/mol. The van der Waals surface area contributed by atoms with Gasteiger partial charge in [-0.2, -0.15) is 0 Å². The number of carbonyl (C=O) groups is 1. The smallest absolute Gasteiger partial charge is 0.234 e. The van der Waals surface area contributed by atoms with Crippen molar-refractivity contribution in [2.45, 2.75) is 46.1 Å². The van der Waals surface area contributed by atoms with E-state index in [2.05, 4.69) is 37.9 Å². The van der Waals surface area contributed by atoms with Crippen LogP contribution in [0.4, 0.5) is 0 Å². The van der Waals surface area contributed by atoms with Gasteiger partial charge < -0.3 is 11.1 Å². The van der Waals surface area contributed by atoms with Crippen molar-refractivity contribution in [3.63, 3.8) is 0 Å². The molecule has 0 aliphatic carbocycles. The summed E-state index contributed by atoms with van der Waals surface area (Å²) in [4.78, 5) is 14.1. The van der Waals surface area contributed by atoms with E-state index in [1.807, 2.05) is 0 Å². The van der Waals surface area contributed by atoms with Gasteiger partial charge in [-0.15, -0.1) is 12.4 Å². The number of nitrogens with zero attached hydrogens (tertiary/aromatic N) is 1. The molecule has 1 fully saturated rings. The molecule has 1 atom stereocenters. The molecule has 0 saturated carbocycles. The normalized spacial score (nSPS) is 24.7. The van der Waals surface area contributed by atoms with Crippen LogP contribution in [-0.2, 0) is 4.79 Å². The molecule has 5 heteroatoms. The molecule has 1 saturated heterocycles. The molecule has 1 heterocycles. The summed E-state index contributed by atoms with van der Waals surface area (Å²) in [5.74, 6) is 0.123. The number of amides is 1. The molecule has 0 bridgehead atoms. The molecule has 0 aromatic heterocycles. The van der Waals surface area contributed by atoms with E-state index in [0.29, 0.717) is 13.1 Å². The second-order valence-electron chi connectivity index (χ2n) is 6.26. The molecular weight excluding hydrogens is 250 g/mol. The highest BCUT2D eigenvalue weighted by Crippen LogP contribution is 2.28. The van der Waals surface area contributed by atoms with Gasteiger partial charge in [0.15, 0.2) is 0 Å². The van der Waals surface area contributed by atoms with E-state index in [0.717, 1.165) is 25.9 Å². The molecule has 0 spiro atoms. The molecular formula is C13H28ClN3O. The predicted molar refractivity (Wildman–Crippen MR) is 78.0 cm³/mol. The first-order valence-electron chi connectivity index (χ1n) is 6.54. The number of hydrogen-bond acceptors (Lipinski definition) is 3. The Balaban J connectivity index is 0.00000289. The SMILES string of the molecule is CCC(C)(C)NC(=O)CN1CCC(C)(CN)C1.Cl. The lowest BCUT2D eigenvalue weighted by Crippen LogP contribution is -2.47. The molecule has 18 heavy (non-hydrogen) atoms. The lowest BCUT2D eigenvalue weighted by atomic mass is 9.90. The first-order valence-corrected chi connectivity index (χ1v) is 6.54. The maximum absolute atomic E-state index is 11.9. The van der Waals surface area contributed by atoms with Crippen molar-refractivity contribution >= 4 is 18.3 Å². The highest BCUT2D eigenvalue weighted by molar-refractivity contribution is 5.85. The molecule has 108 valence electrons. The Morgan fingerprint density at radius 2 is 2.11 bits per heavy atom. The third-order valence-corrected chi connectivity index (χ3v) is 3.86. The Kier molecular flexibility index (Phi) is 6.61.